The van der Waals surface area contributed by atoms with Gasteiger partial charge in [0, 0.05) is 23.5 Å². The van der Waals surface area contributed by atoms with E-state index in [0.717, 1.165) is 22.0 Å². The van der Waals surface area contributed by atoms with Crippen LogP contribution in [0, 0.1) is 11.8 Å². The number of ketones is 1. The van der Waals surface area contributed by atoms with Crippen molar-refractivity contribution >= 4 is 28.7 Å². The minimum Gasteiger partial charge on any atom is -0.469 e. The number of fused-ring (bicyclic) bond motifs is 1. The van der Waals surface area contributed by atoms with Gasteiger partial charge in [-0.2, -0.15) is 0 Å². The molecule has 0 spiro atoms. The standard InChI is InChI=1S/C27H32N2O5/c1-18(2)13-24(29-27(32)34-17-19-9-5-4-6-10-19)25(30)15-20(26(31)33-3)14-21-16-28-23-12-8-7-11-22(21)23/h4-12,16,18,20,24,28H,13-15,17H2,1-3H3,(H,29,32)/t20?,24-/m0/s1. The summed E-state index contributed by atoms with van der Waals surface area (Å²) in [5.74, 6) is -1.17. The summed E-state index contributed by atoms with van der Waals surface area (Å²) in [5.41, 5.74) is 2.76. The van der Waals surface area contributed by atoms with E-state index in [1.807, 2.05) is 74.6 Å². The number of H-pyrrole nitrogens is 1. The molecule has 7 heteroatoms. The highest BCUT2D eigenvalue weighted by Crippen LogP contribution is 2.24. The quantitative estimate of drug-likeness (QED) is 0.397. The number of aromatic nitrogens is 1. The molecule has 1 heterocycles. The molecule has 7 nitrogen and oxygen atoms in total. The van der Waals surface area contributed by atoms with Crippen LogP contribution in [0.15, 0.2) is 60.8 Å². The molecule has 0 fully saturated rings. The molecule has 1 aromatic heterocycles. The van der Waals surface area contributed by atoms with Gasteiger partial charge in [-0.1, -0.05) is 62.4 Å². The molecule has 0 radical (unpaired) electrons. The first-order valence-corrected chi connectivity index (χ1v) is 11.5. The molecule has 2 atom stereocenters. The van der Waals surface area contributed by atoms with Gasteiger partial charge in [-0.05, 0) is 36.0 Å². The lowest BCUT2D eigenvalue weighted by atomic mass is 9.89. The molecular formula is C27H32N2O5. The van der Waals surface area contributed by atoms with Gasteiger partial charge in [0.05, 0.1) is 19.1 Å². The molecule has 1 unspecified atom stereocenters. The molecule has 0 aliphatic rings. The van der Waals surface area contributed by atoms with E-state index < -0.39 is 24.0 Å². The zero-order valence-corrected chi connectivity index (χ0v) is 19.9. The zero-order valence-electron chi connectivity index (χ0n) is 19.9. The Labute approximate surface area is 199 Å². The lowest BCUT2D eigenvalue weighted by Crippen LogP contribution is -2.43. The molecule has 1 amide bonds. The number of carbonyl (C=O) groups is 3. The molecule has 34 heavy (non-hydrogen) atoms. The molecule has 3 aromatic rings. The van der Waals surface area contributed by atoms with Crippen LogP contribution in [0.5, 0.6) is 0 Å². The Hall–Kier alpha value is -3.61. The highest BCUT2D eigenvalue weighted by molar-refractivity contribution is 5.91. The van der Waals surface area contributed by atoms with E-state index in [1.165, 1.54) is 7.11 Å². The van der Waals surface area contributed by atoms with Crippen molar-refractivity contribution in [3.8, 4) is 0 Å². The van der Waals surface area contributed by atoms with Crippen molar-refractivity contribution in [3.05, 3.63) is 71.9 Å². The highest BCUT2D eigenvalue weighted by atomic mass is 16.5. The number of carbonyl (C=O) groups excluding carboxylic acids is 3. The second-order valence-electron chi connectivity index (χ2n) is 8.84. The van der Waals surface area contributed by atoms with E-state index in [4.69, 9.17) is 9.47 Å². The van der Waals surface area contributed by atoms with Crippen LogP contribution in [-0.2, 0) is 32.1 Å². The summed E-state index contributed by atoms with van der Waals surface area (Å²) < 4.78 is 10.3. The summed E-state index contributed by atoms with van der Waals surface area (Å²) in [4.78, 5) is 41.4. The molecule has 0 bridgehead atoms. The van der Waals surface area contributed by atoms with Gasteiger partial charge in [-0.15, -0.1) is 0 Å². The number of aromatic amines is 1. The molecule has 3 rings (SSSR count). The minimum absolute atomic E-state index is 0.0392. The third kappa shape index (κ3) is 6.94. The largest absolute Gasteiger partial charge is 0.469 e. The fourth-order valence-electron chi connectivity index (χ4n) is 4.01. The fraction of sp³-hybridized carbons (Fsp3) is 0.370. The summed E-state index contributed by atoms with van der Waals surface area (Å²) >= 11 is 0. The molecule has 0 saturated carbocycles. The van der Waals surface area contributed by atoms with E-state index >= 15 is 0 Å². The van der Waals surface area contributed by atoms with Gasteiger partial charge < -0.3 is 19.8 Å². The number of ether oxygens (including phenoxy) is 2. The third-order valence-corrected chi connectivity index (χ3v) is 5.72. The van der Waals surface area contributed by atoms with Gasteiger partial charge in [0.2, 0.25) is 0 Å². The van der Waals surface area contributed by atoms with Crippen LogP contribution in [0.1, 0.15) is 37.8 Å². The molecule has 2 aromatic carbocycles. The van der Waals surface area contributed by atoms with Crippen LogP contribution in [0.2, 0.25) is 0 Å². The fourth-order valence-corrected chi connectivity index (χ4v) is 4.01. The van der Waals surface area contributed by atoms with Crippen LogP contribution in [-0.4, -0.2) is 36.0 Å². The lowest BCUT2D eigenvalue weighted by molar-refractivity contribution is -0.147. The summed E-state index contributed by atoms with van der Waals surface area (Å²) in [6, 6.07) is 16.4. The molecular weight excluding hydrogens is 432 g/mol. The summed E-state index contributed by atoms with van der Waals surface area (Å²) in [6.07, 6.45) is 1.96. The topological polar surface area (TPSA) is 97.5 Å². The maximum atomic E-state index is 13.2. The first-order valence-electron chi connectivity index (χ1n) is 11.5. The predicted octanol–water partition coefficient (Wildman–Crippen LogP) is 4.80. The van der Waals surface area contributed by atoms with Gasteiger partial charge >= 0.3 is 12.1 Å². The van der Waals surface area contributed by atoms with Gasteiger partial charge in [0.1, 0.15) is 6.61 Å². The Morgan fingerprint density at radius 3 is 2.41 bits per heavy atom. The van der Waals surface area contributed by atoms with Crippen LogP contribution >= 0.6 is 0 Å². The second kappa shape index (κ2) is 12.0. The zero-order chi connectivity index (χ0) is 24.5. The van der Waals surface area contributed by atoms with Crippen LogP contribution in [0.4, 0.5) is 4.79 Å². The van der Waals surface area contributed by atoms with E-state index in [0.29, 0.717) is 12.8 Å². The van der Waals surface area contributed by atoms with Gasteiger partial charge in [0.25, 0.3) is 0 Å². The van der Waals surface area contributed by atoms with Crippen molar-refractivity contribution in [1.82, 2.24) is 10.3 Å². The predicted molar refractivity (Wildman–Crippen MR) is 130 cm³/mol. The van der Waals surface area contributed by atoms with Crippen molar-refractivity contribution in [3.63, 3.8) is 0 Å². The van der Waals surface area contributed by atoms with E-state index in [-0.39, 0.29) is 24.7 Å². The normalized spacial score (nSPS) is 12.8. The number of benzene rings is 2. The maximum absolute atomic E-state index is 13.2. The average molecular weight is 465 g/mol. The summed E-state index contributed by atoms with van der Waals surface area (Å²) in [5, 5.41) is 3.70. The number of rotatable bonds is 11. The Morgan fingerprint density at radius 1 is 1.00 bits per heavy atom. The van der Waals surface area contributed by atoms with Crippen LogP contribution in [0.3, 0.4) is 0 Å². The first-order chi connectivity index (χ1) is 16.4. The number of para-hydroxylation sites is 1. The molecule has 0 aliphatic carbocycles. The summed E-state index contributed by atoms with van der Waals surface area (Å²) in [7, 11) is 1.32. The number of nitrogens with one attached hydrogen (secondary N) is 2. The smallest absolute Gasteiger partial charge is 0.408 e. The first kappa shape index (κ1) is 25.0. The maximum Gasteiger partial charge on any atom is 0.408 e. The number of alkyl carbamates (subject to hydrolysis) is 1. The monoisotopic (exact) mass is 464 g/mol. The van der Waals surface area contributed by atoms with Crippen molar-refractivity contribution in [1.29, 1.82) is 0 Å². The number of methoxy groups -OCH3 is 1. The average Bonchev–Trinajstić information content (AvgIpc) is 3.24. The van der Waals surface area contributed by atoms with Gasteiger partial charge in [0.15, 0.2) is 5.78 Å². The van der Waals surface area contributed by atoms with E-state index in [9.17, 15) is 14.4 Å². The van der Waals surface area contributed by atoms with Crippen molar-refractivity contribution in [2.45, 2.75) is 45.8 Å². The van der Waals surface area contributed by atoms with Crippen molar-refractivity contribution in [2.75, 3.05) is 7.11 Å². The summed E-state index contributed by atoms with van der Waals surface area (Å²) in [6.45, 7) is 4.06. The highest BCUT2D eigenvalue weighted by Gasteiger charge is 2.29. The van der Waals surface area contributed by atoms with Gasteiger partial charge in [-0.25, -0.2) is 4.79 Å². The molecule has 0 aliphatic heterocycles. The number of hydrogen-bond acceptors (Lipinski definition) is 5. The van der Waals surface area contributed by atoms with Crippen LogP contribution in [0.25, 0.3) is 10.9 Å². The number of Topliss-reactive ketones (excluding diaryl/α,β-unsaturated/α-hetero) is 1. The Balaban J connectivity index is 1.68. The van der Waals surface area contributed by atoms with E-state index in [2.05, 4.69) is 10.3 Å². The van der Waals surface area contributed by atoms with Gasteiger partial charge in [-0.3, -0.25) is 9.59 Å². The molecule has 180 valence electrons. The van der Waals surface area contributed by atoms with Crippen molar-refractivity contribution in [2.24, 2.45) is 11.8 Å². The van der Waals surface area contributed by atoms with Crippen LogP contribution < -0.4 is 5.32 Å². The van der Waals surface area contributed by atoms with Crippen molar-refractivity contribution < 1.29 is 23.9 Å². The Bertz CT molecular complexity index is 1110. The SMILES string of the molecule is COC(=O)C(CC(=O)[C@H](CC(C)C)NC(=O)OCc1ccccc1)Cc1c[nH]c2ccccc12. The number of hydrogen-bond donors (Lipinski definition) is 2. The third-order valence-electron chi connectivity index (χ3n) is 5.72. The second-order valence-corrected chi connectivity index (χ2v) is 8.84. The Morgan fingerprint density at radius 2 is 1.71 bits per heavy atom. The molecule has 2 N–H and O–H groups in total. The molecule has 0 saturated heterocycles. The van der Waals surface area contributed by atoms with E-state index in [1.54, 1.807) is 0 Å². The Kier molecular flexibility index (Phi) is 8.85. The lowest BCUT2D eigenvalue weighted by Gasteiger charge is -2.22. The number of amides is 1. The number of esters is 1. The minimum atomic E-state index is -0.751.